The molecule has 1 fully saturated rings. The lowest BCUT2D eigenvalue weighted by Crippen LogP contribution is -2.40. The predicted molar refractivity (Wildman–Crippen MR) is 79.6 cm³/mol. The molecule has 1 saturated heterocycles. The average molecular weight is 321 g/mol. The molecule has 8 heteroatoms. The summed E-state index contributed by atoms with van der Waals surface area (Å²) < 4.78 is 29.4. The lowest BCUT2D eigenvalue weighted by molar-refractivity contribution is -0.121. The summed E-state index contributed by atoms with van der Waals surface area (Å²) in [6, 6.07) is 3.16. The van der Waals surface area contributed by atoms with Crippen LogP contribution in [0.5, 0.6) is 0 Å². The van der Waals surface area contributed by atoms with Crippen LogP contribution in [0, 0.1) is 11.6 Å². The molecule has 0 N–H and O–H groups in total. The van der Waals surface area contributed by atoms with Crippen LogP contribution in [0.25, 0.3) is 0 Å². The van der Waals surface area contributed by atoms with Crippen LogP contribution >= 0.6 is 0 Å². The van der Waals surface area contributed by atoms with E-state index in [1.165, 1.54) is 17.3 Å². The van der Waals surface area contributed by atoms with E-state index in [1.807, 2.05) is 4.90 Å². The molecule has 1 aliphatic rings. The first-order valence-electron chi connectivity index (χ1n) is 7.27. The van der Waals surface area contributed by atoms with Gasteiger partial charge in [0.15, 0.2) is 0 Å². The van der Waals surface area contributed by atoms with E-state index in [0.717, 1.165) is 18.0 Å². The average Bonchev–Trinajstić information content (AvgIpc) is 3.06. The number of halogens is 2. The van der Waals surface area contributed by atoms with Crippen molar-refractivity contribution in [2.45, 2.75) is 19.0 Å². The molecule has 1 atom stereocenters. The molecule has 0 unspecified atom stereocenters. The molecule has 1 aromatic heterocycles. The van der Waals surface area contributed by atoms with Crippen molar-refractivity contribution < 1.29 is 13.6 Å². The topological polar surface area (TPSA) is 54.3 Å². The van der Waals surface area contributed by atoms with E-state index in [4.69, 9.17) is 0 Å². The third-order valence-corrected chi connectivity index (χ3v) is 4.11. The molecule has 3 rings (SSSR count). The number of anilines is 1. The number of carbonyl (C=O) groups excluding carboxylic acids is 1. The molecule has 0 spiro atoms. The summed E-state index contributed by atoms with van der Waals surface area (Å²) in [5.41, 5.74) is -0.271. The van der Waals surface area contributed by atoms with Crippen LogP contribution in [-0.4, -0.2) is 45.2 Å². The SMILES string of the molecule is CN(Cc1ncnn1C)[C@H]1CCN(c2c(F)cccc2F)C1=O. The highest BCUT2D eigenvalue weighted by Crippen LogP contribution is 2.29. The van der Waals surface area contributed by atoms with Crippen molar-refractivity contribution in [2.75, 3.05) is 18.5 Å². The number of aromatic nitrogens is 3. The molecular formula is C15H17F2N5O. The predicted octanol–water partition coefficient (Wildman–Crippen LogP) is 1.33. The Morgan fingerprint density at radius 1 is 1.35 bits per heavy atom. The Hall–Kier alpha value is -2.35. The maximum Gasteiger partial charge on any atom is 0.244 e. The van der Waals surface area contributed by atoms with E-state index in [9.17, 15) is 13.6 Å². The highest BCUT2D eigenvalue weighted by atomic mass is 19.1. The summed E-state index contributed by atoms with van der Waals surface area (Å²) in [6.07, 6.45) is 1.95. The fourth-order valence-corrected chi connectivity index (χ4v) is 2.84. The minimum absolute atomic E-state index is 0.271. The standard InChI is InChI=1S/C15H17F2N5O/c1-20(8-13-18-9-19-21(13)2)12-6-7-22(15(12)23)14-10(16)4-3-5-11(14)17/h3-5,9,12H,6-8H2,1-2H3/t12-/m0/s1. The lowest BCUT2D eigenvalue weighted by Gasteiger charge is -2.23. The zero-order valence-corrected chi connectivity index (χ0v) is 12.9. The first-order valence-corrected chi connectivity index (χ1v) is 7.27. The summed E-state index contributed by atoms with van der Waals surface area (Å²) in [4.78, 5) is 19.7. The second-order valence-corrected chi connectivity index (χ2v) is 5.58. The maximum atomic E-state index is 13.9. The second kappa shape index (κ2) is 6.04. The van der Waals surface area contributed by atoms with Crippen LogP contribution in [0.15, 0.2) is 24.5 Å². The highest BCUT2D eigenvalue weighted by molar-refractivity contribution is 5.99. The molecular weight excluding hydrogens is 304 g/mol. The number of hydrogen-bond acceptors (Lipinski definition) is 4. The van der Waals surface area contributed by atoms with Crippen molar-refractivity contribution in [3.63, 3.8) is 0 Å². The first-order chi connectivity index (χ1) is 11.0. The largest absolute Gasteiger partial charge is 0.306 e. The fourth-order valence-electron chi connectivity index (χ4n) is 2.84. The monoisotopic (exact) mass is 321 g/mol. The Bertz CT molecular complexity index is 712. The van der Waals surface area contributed by atoms with Crippen molar-refractivity contribution in [2.24, 2.45) is 7.05 Å². The molecule has 2 heterocycles. The van der Waals surface area contributed by atoms with E-state index < -0.39 is 17.7 Å². The van der Waals surface area contributed by atoms with Gasteiger partial charge in [-0.25, -0.2) is 13.8 Å². The number of rotatable bonds is 4. The van der Waals surface area contributed by atoms with Crippen molar-refractivity contribution >= 4 is 11.6 Å². The van der Waals surface area contributed by atoms with Crippen LogP contribution in [0.1, 0.15) is 12.2 Å². The number of carbonyl (C=O) groups is 1. The van der Waals surface area contributed by atoms with Gasteiger partial charge in [0.2, 0.25) is 5.91 Å². The van der Waals surface area contributed by atoms with E-state index in [0.29, 0.717) is 13.0 Å². The minimum atomic E-state index is -0.727. The van der Waals surface area contributed by atoms with Gasteiger partial charge in [-0.3, -0.25) is 14.4 Å². The molecule has 1 aromatic carbocycles. The number of hydrogen-bond donors (Lipinski definition) is 0. The zero-order valence-electron chi connectivity index (χ0n) is 12.9. The summed E-state index contributed by atoms with van der Waals surface area (Å²) in [5.74, 6) is -1.04. The third-order valence-electron chi connectivity index (χ3n) is 4.11. The highest BCUT2D eigenvalue weighted by Gasteiger charge is 2.37. The van der Waals surface area contributed by atoms with Gasteiger partial charge in [0, 0.05) is 13.6 Å². The zero-order chi connectivity index (χ0) is 16.6. The summed E-state index contributed by atoms with van der Waals surface area (Å²) in [7, 11) is 3.56. The fraction of sp³-hybridized carbons (Fsp3) is 0.400. The van der Waals surface area contributed by atoms with Gasteiger partial charge in [-0.15, -0.1) is 0 Å². The van der Waals surface area contributed by atoms with Gasteiger partial charge >= 0.3 is 0 Å². The lowest BCUT2D eigenvalue weighted by atomic mass is 10.2. The van der Waals surface area contributed by atoms with E-state index >= 15 is 0 Å². The molecule has 2 aromatic rings. The van der Waals surface area contributed by atoms with Crippen LogP contribution in [0.2, 0.25) is 0 Å². The van der Waals surface area contributed by atoms with Gasteiger partial charge < -0.3 is 4.90 Å². The van der Waals surface area contributed by atoms with Crippen LogP contribution in [0.3, 0.4) is 0 Å². The van der Waals surface area contributed by atoms with Gasteiger partial charge in [-0.1, -0.05) is 6.07 Å². The number of nitrogens with zero attached hydrogens (tertiary/aromatic N) is 5. The van der Waals surface area contributed by atoms with Gasteiger partial charge in [0.25, 0.3) is 0 Å². The van der Waals surface area contributed by atoms with E-state index in [2.05, 4.69) is 10.1 Å². The second-order valence-electron chi connectivity index (χ2n) is 5.58. The van der Waals surface area contributed by atoms with Crippen LogP contribution in [0.4, 0.5) is 14.5 Å². The Balaban J connectivity index is 1.77. The Kier molecular flexibility index (Phi) is 4.08. The molecule has 0 aliphatic carbocycles. The first kappa shape index (κ1) is 15.5. The molecule has 0 bridgehead atoms. The smallest absolute Gasteiger partial charge is 0.244 e. The molecule has 0 radical (unpaired) electrons. The Morgan fingerprint density at radius 3 is 2.65 bits per heavy atom. The van der Waals surface area contributed by atoms with Gasteiger partial charge in [0.05, 0.1) is 12.6 Å². The maximum absolute atomic E-state index is 13.9. The van der Waals surface area contributed by atoms with Gasteiger partial charge in [-0.05, 0) is 25.6 Å². The van der Waals surface area contributed by atoms with E-state index in [1.54, 1.807) is 18.8 Å². The Labute approximate surface area is 132 Å². The molecule has 6 nitrogen and oxygen atoms in total. The van der Waals surface area contributed by atoms with Gasteiger partial charge in [0.1, 0.15) is 29.5 Å². The number of likely N-dealkylation sites (N-methyl/N-ethyl adjacent to an activating group) is 1. The normalized spacial score (nSPS) is 18.2. The Morgan fingerprint density at radius 2 is 2.04 bits per heavy atom. The van der Waals surface area contributed by atoms with Gasteiger partial charge in [-0.2, -0.15) is 5.10 Å². The van der Waals surface area contributed by atoms with Crippen molar-refractivity contribution in [3.8, 4) is 0 Å². The number of benzene rings is 1. The number of aryl methyl sites for hydroxylation is 1. The summed E-state index contributed by atoms with van der Waals surface area (Å²) in [5, 5.41) is 3.99. The third kappa shape index (κ3) is 2.81. The summed E-state index contributed by atoms with van der Waals surface area (Å²) >= 11 is 0. The van der Waals surface area contributed by atoms with Crippen LogP contribution in [-0.2, 0) is 18.4 Å². The molecule has 1 amide bonds. The van der Waals surface area contributed by atoms with E-state index in [-0.39, 0.29) is 18.1 Å². The van der Waals surface area contributed by atoms with Crippen molar-refractivity contribution in [3.05, 3.63) is 42.0 Å². The molecule has 23 heavy (non-hydrogen) atoms. The molecule has 122 valence electrons. The molecule has 0 saturated carbocycles. The summed E-state index contributed by atoms with van der Waals surface area (Å²) in [6.45, 7) is 0.713. The molecule has 1 aliphatic heterocycles. The van der Waals surface area contributed by atoms with Crippen LogP contribution < -0.4 is 4.90 Å². The number of amides is 1. The quantitative estimate of drug-likeness (QED) is 0.852. The minimum Gasteiger partial charge on any atom is -0.306 e. The van der Waals surface area contributed by atoms with Crippen molar-refractivity contribution in [1.82, 2.24) is 19.7 Å². The van der Waals surface area contributed by atoms with Crippen molar-refractivity contribution in [1.29, 1.82) is 0 Å². The number of para-hydroxylation sites is 1.